The smallest absolute Gasteiger partial charge is 0.139 e. The van der Waals surface area contributed by atoms with Crippen LogP contribution in [0.4, 0.5) is 0 Å². The molecule has 0 spiro atoms. The molecule has 15 heavy (non-hydrogen) atoms. The molecule has 0 aromatic carbocycles. The SMILES string of the molecule is CC(C)(C)C(=O)CC(Cl)C1CCCCC1. The fourth-order valence-corrected chi connectivity index (χ4v) is 2.54. The number of hydrogen-bond acceptors (Lipinski definition) is 1. The molecule has 0 aromatic heterocycles. The maximum Gasteiger partial charge on any atom is 0.139 e. The Labute approximate surface area is 98.6 Å². The van der Waals surface area contributed by atoms with Gasteiger partial charge in [0, 0.05) is 17.2 Å². The van der Waals surface area contributed by atoms with Crippen molar-refractivity contribution in [2.75, 3.05) is 0 Å². The zero-order chi connectivity index (χ0) is 11.5. The van der Waals surface area contributed by atoms with Crippen molar-refractivity contribution in [1.29, 1.82) is 0 Å². The molecule has 1 saturated carbocycles. The molecule has 0 aliphatic heterocycles. The predicted molar refractivity (Wildman–Crippen MR) is 65.3 cm³/mol. The quantitative estimate of drug-likeness (QED) is 0.665. The first-order valence-corrected chi connectivity index (χ1v) is 6.52. The normalized spacial score (nSPS) is 21.3. The third kappa shape index (κ3) is 4.14. The van der Waals surface area contributed by atoms with E-state index >= 15 is 0 Å². The van der Waals surface area contributed by atoms with Gasteiger partial charge < -0.3 is 0 Å². The van der Waals surface area contributed by atoms with Crippen LogP contribution in [0.5, 0.6) is 0 Å². The molecule has 0 aromatic rings. The van der Waals surface area contributed by atoms with Gasteiger partial charge in [-0.2, -0.15) is 0 Å². The molecule has 88 valence electrons. The minimum Gasteiger partial charge on any atom is -0.299 e. The van der Waals surface area contributed by atoms with Gasteiger partial charge in [0.25, 0.3) is 0 Å². The van der Waals surface area contributed by atoms with Crippen molar-refractivity contribution in [2.45, 2.75) is 64.7 Å². The van der Waals surface area contributed by atoms with Gasteiger partial charge in [0.15, 0.2) is 0 Å². The fourth-order valence-electron chi connectivity index (χ4n) is 2.15. The monoisotopic (exact) mass is 230 g/mol. The molecule has 1 atom stereocenters. The summed E-state index contributed by atoms with van der Waals surface area (Å²) in [7, 11) is 0. The van der Waals surface area contributed by atoms with Gasteiger partial charge >= 0.3 is 0 Å². The van der Waals surface area contributed by atoms with Crippen LogP contribution in [0.15, 0.2) is 0 Å². The molecule has 2 heteroatoms. The summed E-state index contributed by atoms with van der Waals surface area (Å²) >= 11 is 6.34. The van der Waals surface area contributed by atoms with E-state index in [2.05, 4.69) is 0 Å². The summed E-state index contributed by atoms with van der Waals surface area (Å²) in [4.78, 5) is 11.8. The molecule has 1 unspecified atom stereocenters. The second kappa shape index (κ2) is 5.34. The lowest BCUT2D eigenvalue weighted by molar-refractivity contribution is -0.126. The molecule has 1 aliphatic carbocycles. The number of Topliss-reactive ketones (excluding diaryl/α,β-unsaturated/α-hetero) is 1. The van der Waals surface area contributed by atoms with E-state index in [1.54, 1.807) is 0 Å². The number of rotatable bonds is 3. The standard InChI is InChI=1S/C13H23ClO/c1-13(2,3)12(15)9-11(14)10-7-5-4-6-8-10/h10-11H,4-9H2,1-3H3. The van der Waals surface area contributed by atoms with Gasteiger partial charge in [-0.1, -0.05) is 40.0 Å². The summed E-state index contributed by atoms with van der Waals surface area (Å²) in [5, 5.41) is 0.0667. The van der Waals surface area contributed by atoms with Crippen LogP contribution in [0.2, 0.25) is 0 Å². The molecule has 0 bridgehead atoms. The number of ketones is 1. The topological polar surface area (TPSA) is 17.1 Å². The maximum atomic E-state index is 11.8. The summed E-state index contributed by atoms with van der Waals surface area (Å²) < 4.78 is 0. The second-order valence-corrected chi connectivity index (χ2v) is 6.35. The predicted octanol–water partition coefficient (Wildman–Crippen LogP) is 4.18. The minimum atomic E-state index is -0.234. The van der Waals surface area contributed by atoms with Crippen LogP contribution in [0.3, 0.4) is 0 Å². The highest BCUT2D eigenvalue weighted by molar-refractivity contribution is 6.22. The van der Waals surface area contributed by atoms with Crippen LogP contribution in [-0.4, -0.2) is 11.2 Å². The molecule has 0 heterocycles. The first kappa shape index (κ1) is 13.0. The zero-order valence-corrected chi connectivity index (χ0v) is 10.9. The highest BCUT2D eigenvalue weighted by Crippen LogP contribution is 2.32. The summed E-state index contributed by atoms with van der Waals surface area (Å²) in [5.74, 6) is 0.875. The molecule has 1 rings (SSSR count). The van der Waals surface area contributed by atoms with Gasteiger partial charge in [0.2, 0.25) is 0 Å². The van der Waals surface area contributed by atoms with Crippen molar-refractivity contribution < 1.29 is 4.79 Å². The second-order valence-electron chi connectivity index (χ2n) is 5.79. The maximum absolute atomic E-state index is 11.8. The molecule has 0 N–H and O–H groups in total. The number of carbonyl (C=O) groups excluding carboxylic acids is 1. The Morgan fingerprint density at radius 3 is 2.27 bits per heavy atom. The molecule has 1 aliphatic rings. The Morgan fingerprint density at radius 1 is 1.27 bits per heavy atom. The van der Waals surface area contributed by atoms with E-state index in [9.17, 15) is 4.79 Å². The van der Waals surface area contributed by atoms with E-state index in [-0.39, 0.29) is 10.8 Å². The van der Waals surface area contributed by atoms with Crippen molar-refractivity contribution >= 4 is 17.4 Å². The lowest BCUT2D eigenvalue weighted by Crippen LogP contribution is -2.27. The average molecular weight is 231 g/mol. The van der Waals surface area contributed by atoms with Crippen LogP contribution in [-0.2, 0) is 4.79 Å². The van der Waals surface area contributed by atoms with E-state index in [0.29, 0.717) is 18.1 Å². The van der Waals surface area contributed by atoms with Crippen LogP contribution in [0.1, 0.15) is 59.3 Å². The molecule has 0 amide bonds. The molecule has 1 fully saturated rings. The van der Waals surface area contributed by atoms with E-state index in [4.69, 9.17) is 11.6 Å². The molecular formula is C13H23ClO. The van der Waals surface area contributed by atoms with Crippen LogP contribution in [0, 0.1) is 11.3 Å². The largest absolute Gasteiger partial charge is 0.299 e. The van der Waals surface area contributed by atoms with Crippen molar-refractivity contribution in [3.8, 4) is 0 Å². The van der Waals surface area contributed by atoms with Crippen LogP contribution < -0.4 is 0 Å². The Bertz CT molecular complexity index is 211. The molecule has 0 radical (unpaired) electrons. The summed E-state index contributed by atoms with van der Waals surface area (Å²) in [6, 6.07) is 0. The van der Waals surface area contributed by atoms with Gasteiger partial charge in [-0.15, -0.1) is 11.6 Å². The van der Waals surface area contributed by atoms with Crippen molar-refractivity contribution in [1.82, 2.24) is 0 Å². The Morgan fingerprint density at radius 2 is 1.80 bits per heavy atom. The molecule has 1 nitrogen and oxygen atoms in total. The van der Waals surface area contributed by atoms with Crippen molar-refractivity contribution in [3.63, 3.8) is 0 Å². The first-order valence-electron chi connectivity index (χ1n) is 6.08. The summed E-state index contributed by atoms with van der Waals surface area (Å²) in [6.07, 6.45) is 6.90. The van der Waals surface area contributed by atoms with E-state index in [0.717, 1.165) is 0 Å². The van der Waals surface area contributed by atoms with Gasteiger partial charge in [0.05, 0.1) is 0 Å². The van der Waals surface area contributed by atoms with Gasteiger partial charge in [0.1, 0.15) is 5.78 Å². The third-order valence-electron chi connectivity index (χ3n) is 3.38. The number of halogens is 1. The number of hydrogen-bond donors (Lipinski definition) is 0. The number of alkyl halides is 1. The van der Waals surface area contributed by atoms with Gasteiger partial charge in [-0.05, 0) is 18.8 Å². The fraction of sp³-hybridized carbons (Fsp3) is 0.923. The summed E-state index contributed by atoms with van der Waals surface area (Å²) in [5.41, 5.74) is -0.234. The van der Waals surface area contributed by atoms with Crippen molar-refractivity contribution in [3.05, 3.63) is 0 Å². The minimum absolute atomic E-state index is 0.0667. The zero-order valence-electron chi connectivity index (χ0n) is 10.2. The lowest BCUT2D eigenvalue weighted by Gasteiger charge is -2.27. The van der Waals surface area contributed by atoms with Gasteiger partial charge in [-0.3, -0.25) is 4.79 Å². The lowest BCUT2D eigenvalue weighted by atomic mass is 9.81. The average Bonchev–Trinajstić information content (AvgIpc) is 2.17. The van der Waals surface area contributed by atoms with E-state index < -0.39 is 0 Å². The Hall–Kier alpha value is -0.0400. The third-order valence-corrected chi connectivity index (χ3v) is 3.89. The highest BCUT2D eigenvalue weighted by Gasteiger charge is 2.28. The van der Waals surface area contributed by atoms with Crippen molar-refractivity contribution in [2.24, 2.45) is 11.3 Å². The molecule has 0 saturated heterocycles. The van der Waals surface area contributed by atoms with E-state index in [1.165, 1.54) is 32.1 Å². The van der Waals surface area contributed by atoms with Crippen LogP contribution in [0.25, 0.3) is 0 Å². The Balaban J connectivity index is 2.40. The summed E-state index contributed by atoms with van der Waals surface area (Å²) in [6.45, 7) is 5.92. The Kier molecular flexibility index (Phi) is 4.64. The highest BCUT2D eigenvalue weighted by atomic mass is 35.5. The molecular weight excluding hydrogens is 208 g/mol. The number of carbonyl (C=O) groups is 1. The van der Waals surface area contributed by atoms with E-state index in [1.807, 2.05) is 20.8 Å². The van der Waals surface area contributed by atoms with Crippen LogP contribution >= 0.6 is 11.6 Å². The first-order chi connectivity index (χ1) is 6.91. The van der Waals surface area contributed by atoms with Gasteiger partial charge in [-0.25, -0.2) is 0 Å².